The summed E-state index contributed by atoms with van der Waals surface area (Å²) >= 11 is 0. The van der Waals surface area contributed by atoms with Gasteiger partial charge in [0.25, 0.3) is 0 Å². The maximum Gasteiger partial charge on any atom is 0.358 e. The van der Waals surface area contributed by atoms with Gasteiger partial charge in [-0.25, -0.2) is 9.48 Å². The van der Waals surface area contributed by atoms with Crippen LogP contribution in [0.5, 0.6) is 0 Å². The molecule has 8 nitrogen and oxygen atoms in total. The lowest BCUT2D eigenvalue weighted by Gasteiger charge is -2.17. The highest BCUT2D eigenvalue weighted by atomic mass is 16.4. The van der Waals surface area contributed by atoms with Crippen molar-refractivity contribution in [3.63, 3.8) is 0 Å². The molecule has 0 amide bonds. The first kappa shape index (κ1) is 14.2. The van der Waals surface area contributed by atoms with E-state index in [1.807, 2.05) is 6.92 Å². The van der Waals surface area contributed by atoms with Crippen molar-refractivity contribution in [2.45, 2.75) is 39.5 Å². The lowest BCUT2D eigenvalue weighted by atomic mass is 10.1. The molecule has 0 aliphatic heterocycles. The molecule has 2 heterocycles. The van der Waals surface area contributed by atoms with E-state index < -0.39 is 11.6 Å². The van der Waals surface area contributed by atoms with E-state index in [1.165, 1.54) is 4.68 Å². The Balaban J connectivity index is 2.52. The van der Waals surface area contributed by atoms with E-state index in [1.54, 1.807) is 30.9 Å². The van der Waals surface area contributed by atoms with Crippen molar-refractivity contribution in [2.24, 2.45) is 0 Å². The normalized spacial score (nSPS) is 11.8. The summed E-state index contributed by atoms with van der Waals surface area (Å²) < 4.78 is 3.07. The fourth-order valence-electron chi connectivity index (χ4n) is 1.88. The van der Waals surface area contributed by atoms with Gasteiger partial charge in [-0.05, 0) is 20.8 Å². The van der Waals surface area contributed by atoms with Crippen molar-refractivity contribution in [3.8, 4) is 11.3 Å². The van der Waals surface area contributed by atoms with E-state index in [0.29, 0.717) is 17.8 Å². The first-order valence-electron chi connectivity index (χ1n) is 6.24. The van der Waals surface area contributed by atoms with Gasteiger partial charge in [0.05, 0.1) is 18.3 Å². The van der Waals surface area contributed by atoms with Crippen LogP contribution in [0.25, 0.3) is 11.3 Å². The summed E-state index contributed by atoms with van der Waals surface area (Å²) in [5.41, 5.74) is -0.221. The Kier molecular flexibility index (Phi) is 3.58. The summed E-state index contributed by atoms with van der Waals surface area (Å²) in [5, 5.41) is 30.7. The number of hydrogen-bond donors (Lipinski definition) is 2. The maximum absolute atomic E-state index is 11.2. The molecule has 0 spiro atoms. The summed E-state index contributed by atoms with van der Waals surface area (Å²) in [6, 6.07) is 0. The first-order chi connectivity index (χ1) is 9.31. The van der Waals surface area contributed by atoms with Gasteiger partial charge in [0.15, 0.2) is 5.69 Å². The Labute approximate surface area is 115 Å². The molecule has 0 fully saturated rings. The van der Waals surface area contributed by atoms with E-state index in [-0.39, 0.29) is 12.2 Å². The molecule has 2 aromatic rings. The number of aliphatic hydroxyl groups is 1. The molecular formula is C12H17N5O3. The monoisotopic (exact) mass is 279 g/mol. The summed E-state index contributed by atoms with van der Waals surface area (Å²) in [6.07, 6.45) is 3.29. The van der Waals surface area contributed by atoms with Gasteiger partial charge >= 0.3 is 5.97 Å². The summed E-state index contributed by atoms with van der Waals surface area (Å²) in [5.74, 6) is -1.16. The molecule has 2 rings (SSSR count). The van der Waals surface area contributed by atoms with E-state index in [9.17, 15) is 15.0 Å². The van der Waals surface area contributed by atoms with Gasteiger partial charge in [-0.2, -0.15) is 5.10 Å². The van der Waals surface area contributed by atoms with Crippen LogP contribution < -0.4 is 0 Å². The van der Waals surface area contributed by atoms with Gasteiger partial charge in [-0.15, -0.1) is 5.10 Å². The van der Waals surface area contributed by atoms with Crippen LogP contribution in [0.4, 0.5) is 0 Å². The van der Waals surface area contributed by atoms with E-state index in [0.717, 1.165) is 0 Å². The number of aryl methyl sites for hydroxylation is 1. The third-order valence-corrected chi connectivity index (χ3v) is 2.71. The lowest BCUT2D eigenvalue weighted by molar-refractivity contribution is 0.0575. The average Bonchev–Trinajstić information content (AvgIpc) is 2.92. The SMILES string of the molecule is CCn1cc(-c2c(C(=O)O)nnn2CC(C)(C)O)cn1. The summed E-state index contributed by atoms with van der Waals surface area (Å²) in [4.78, 5) is 11.2. The van der Waals surface area contributed by atoms with Crippen molar-refractivity contribution < 1.29 is 15.0 Å². The molecule has 8 heteroatoms. The average molecular weight is 279 g/mol. The second kappa shape index (κ2) is 5.04. The lowest BCUT2D eigenvalue weighted by Crippen LogP contribution is -2.27. The molecule has 2 N–H and O–H groups in total. The first-order valence-corrected chi connectivity index (χ1v) is 6.24. The highest BCUT2D eigenvalue weighted by Gasteiger charge is 2.25. The van der Waals surface area contributed by atoms with Crippen LogP contribution in [0.3, 0.4) is 0 Å². The van der Waals surface area contributed by atoms with Crippen LogP contribution in [-0.4, -0.2) is 46.6 Å². The molecule has 0 aliphatic rings. The van der Waals surface area contributed by atoms with Crippen LogP contribution in [0, 0.1) is 0 Å². The molecule has 0 aromatic carbocycles. The second-order valence-corrected chi connectivity index (χ2v) is 5.15. The smallest absolute Gasteiger partial charge is 0.358 e. The Hall–Kier alpha value is -2.22. The predicted molar refractivity (Wildman–Crippen MR) is 70.2 cm³/mol. The number of carbonyl (C=O) groups is 1. The molecule has 108 valence electrons. The van der Waals surface area contributed by atoms with Gasteiger partial charge in [-0.3, -0.25) is 4.68 Å². The van der Waals surface area contributed by atoms with Gasteiger partial charge in [-0.1, -0.05) is 5.21 Å². The van der Waals surface area contributed by atoms with Crippen molar-refractivity contribution >= 4 is 5.97 Å². The minimum Gasteiger partial charge on any atom is -0.476 e. The second-order valence-electron chi connectivity index (χ2n) is 5.15. The molecule has 0 saturated heterocycles. The van der Waals surface area contributed by atoms with Gasteiger partial charge in [0.1, 0.15) is 5.69 Å². The molecule has 0 aliphatic carbocycles. The zero-order valence-corrected chi connectivity index (χ0v) is 11.6. The molecule has 0 saturated carbocycles. The molecular weight excluding hydrogens is 262 g/mol. The van der Waals surface area contributed by atoms with E-state index in [4.69, 9.17) is 0 Å². The van der Waals surface area contributed by atoms with Crippen molar-refractivity contribution in [1.82, 2.24) is 24.8 Å². The van der Waals surface area contributed by atoms with Gasteiger partial charge < -0.3 is 10.2 Å². The maximum atomic E-state index is 11.2. The highest BCUT2D eigenvalue weighted by Crippen LogP contribution is 2.23. The quantitative estimate of drug-likeness (QED) is 0.831. The van der Waals surface area contributed by atoms with Crippen LogP contribution in [0.1, 0.15) is 31.3 Å². The van der Waals surface area contributed by atoms with Crippen molar-refractivity contribution in [2.75, 3.05) is 0 Å². The van der Waals surface area contributed by atoms with Crippen molar-refractivity contribution in [3.05, 3.63) is 18.1 Å². The summed E-state index contributed by atoms with van der Waals surface area (Å²) in [7, 11) is 0. The highest BCUT2D eigenvalue weighted by molar-refractivity contribution is 5.92. The zero-order valence-electron chi connectivity index (χ0n) is 11.6. The van der Waals surface area contributed by atoms with Crippen LogP contribution in [0.2, 0.25) is 0 Å². The minimum atomic E-state index is -1.16. The molecule has 0 unspecified atom stereocenters. The largest absolute Gasteiger partial charge is 0.476 e. The third-order valence-electron chi connectivity index (χ3n) is 2.71. The van der Waals surface area contributed by atoms with Gasteiger partial charge in [0, 0.05) is 18.3 Å². The third kappa shape index (κ3) is 2.85. The van der Waals surface area contributed by atoms with Crippen LogP contribution in [-0.2, 0) is 13.1 Å². The Morgan fingerprint density at radius 3 is 2.65 bits per heavy atom. The molecule has 0 radical (unpaired) electrons. The Morgan fingerprint density at radius 1 is 1.45 bits per heavy atom. The van der Waals surface area contributed by atoms with Crippen LogP contribution in [0.15, 0.2) is 12.4 Å². The molecule has 0 atom stereocenters. The number of aromatic carboxylic acids is 1. The standard InChI is InChI=1S/C12H17N5O3/c1-4-16-6-8(5-13-16)10-9(11(18)19)14-15-17(10)7-12(2,3)20/h5-6,20H,4,7H2,1-3H3,(H,18,19). The number of carboxylic acids is 1. The Morgan fingerprint density at radius 2 is 2.15 bits per heavy atom. The van der Waals surface area contributed by atoms with E-state index >= 15 is 0 Å². The number of rotatable bonds is 5. The fraction of sp³-hybridized carbons (Fsp3) is 0.500. The number of nitrogens with zero attached hydrogens (tertiary/aromatic N) is 5. The fourth-order valence-corrected chi connectivity index (χ4v) is 1.88. The van der Waals surface area contributed by atoms with E-state index in [2.05, 4.69) is 15.4 Å². The topological polar surface area (TPSA) is 106 Å². The zero-order chi connectivity index (χ0) is 14.9. The number of hydrogen-bond acceptors (Lipinski definition) is 5. The number of carboxylic acid groups (broad SMARTS) is 1. The van der Waals surface area contributed by atoms with Crippen molar-refractivity contribution in [1.29, 1.82) is 0 Å². The van der Waals surface area contributed by atoms with Gasteiger partial charge in [0.2, 0.25) is 0 Å². The molecule has 2 aromatic heterocycles. The molecule has 20 heavy (non-hydrogen) atoms. The van der Waals surface area contributed by atoms with Crippen LogP contribution >= 0.6 is 0 Å². The minimum absolute atomic E-state index is 0.139. The summed E-state index contributed by atoms with van der Waals surface area (Å²) in [6.45, 7) is 5.99. The molecule has 0 bridgehead atoms. The number of aromatic nitrogens is 5. The Bertz CT molecular complexity index is 623. The predicted octanol–water partition coefficient (Wildman–Crippen LogP) is 0.631.